The Morgan fingerprint density at radius 1 is 1.12 bits per heavy atom. The van der Waals surface area contributed by atoms with Crippen LogP contribution in [0.1, 0.15) is 30.6 Å². The molecule has 1 heterocycles. The van der Waals surface area contributed by atoms with Crippen molar-refractivity contribution < 1.29 is 9.53 Å². The zero-order valence-electron chi connectivity index (χ0n) is 15.2. The van der Waals surface area contributed by atoms with E-state index in [9.17, 15) is 4.79 Å². The summed E-state index contributed by atoms with van der Waals surface area (Å²) in [7, 11) is 0. The van der Waals surface area contributed by atoms with E-state index in [0.717, 1.165) is 63.5 Å². The number of carbonyl (C=O) groups excluding carboxylic acids is 1. The molecule has 1 amide bonds. The Morgan fingerprint density at radius 3 is 2.44 bits per heavy atom. The first-order chi connectivity index (χ1) is 11.2. The Kier molecular flexibility index (Phi) is 12.7. The van der Waals surface area contributed by atoms with Gasteiger partial charge < -0.3 is 19.9 Å². The van der Waals surface area contributed by atoms with Crippen molar-refractivity contribution in [1.29, 1.82) is 0 Å². The summed E-state index contributed by atoms with van der Waals surface area (Å²) in [6.45, 7) is 11.5. The minimum Gasteiger partial charge on any atom is -0.492 e. The van der Waals surface area contributed by atoms with Gasteiger partial charge in [-0.3, -0.25) is 4.79 Å². The first-order valence-corrected chi connectivity index (χ1v) is 8.69. The Labute approximate surface area is 163 Å². The van der Waals surface area contributed by atoms with Crippen LogP contribution < -0.4 is 10.1 Å². The molecule has 0 aliphatic carbocycles. The van der Waals surface area contributed by atoms with E-state index in [4.69, 9.17) is 4.74 Å². The van der Waals surface area contributed by atoms with Crippen molar-refractivity contribution in [3.63, 3.8) is 0 Å². The molecule has 0 radical (unpaired) electrons. The number of nitrogens with one attached hydrogen (secondary N) is 1. The molecule has 0 spiro atoms. The lowest BCUT2D eigenvalue weighted by atomic mass is 10.2. The van der Waals surface area contributed by atoms with E-state index < -0.39 is 0 Å². The van der Waals surface area contributed by atoms with Gasteiger partial charge in [-0.1, -0.05) is 13.8 Å². The maximum atomic E-state index is 12.5. The molecule has 5 nitrogen and oxygen atoms in total. The summed E-state index contributed by atoms with van der Waals surface area (Å²) in [4.78, 5) is 16.7. The van der Waals surface area contributed by atoms with E-state index in [2.05, 4.69) is 24.1 Å². The van der Waals surface area contributed by atoms with Crippen molar-refractivity contribution in [2.75, 3.05) is 52.4 Å². The number of likely N-dealkylation sites (N-methyl/N-ethyl adjacent to an activating group) is 1. The van der Waals surface area contributed by atoms with Gasteiger partial charge in [-0.05, 0) is 50.3 Å². The third-order valence-corrected chi connectivity index (χ3v) is 4.30. The molecule has 0 aromatic heterocycles. The van der Waals surface area contributed by atoms with Crippen LogP contribution in [-0.2, 0) is 0 Å². The second kappa shape index (κ2) is 13.2. The lowest BCUT2D eigenvalue weighted by Gasteiger charge is -2.20. The molecule has 2 rings (SSSR count). The molecule has 0 saturated carbocycles. The van der Waals surface area contributed by atoms with E-state index in [0.29, 0.717) is 6.61 Å². The lowest BCUT2D eigenvalue weighted by Crippen LogP contribution is -2.34. The number of rotatable bonds is 7. The van der Waals surface area contributed by atoms with Crippen LogP contribution in [0.5, 0.6) is 5.75 Å². The molecule has 1 aromatic rings. The van der Waals surface area contributed by atoms with Crippen molar-refractivity contribution in [3.8, 4) is 5.75 Å². The minimum atomic E-state index is 0. The number of hydrogen-bond donors (Lipinski definition) is 1. The van der Waals surface area contributed by atoms with Crippen molar-refractivity contribution in [2.45, 2.75) is 20.3 Å². The Bertz CT molecular complexity index is 474. The van der Waals surface area contributed by atoms with Crippen LogP contribution >= 0.6 is 24.8 Å². The highest BCUT2D eigenvalue weighted by atomic mass is 35.5. The fraction of sp³-hybridized carbons (Fsp3) is 0.611. The highest BCUT2D eigenvalue weighted by Crippen LogP contribution is 2.14. The van der Waals surface area contributed by atoms with Crippen molar-refractivity contribution in [3.05, 3.63) is 29.8 Å². The summed E-state index contributed by atoms with van der Waals surface area (Å²) in [6, 6.07) is 7.53. The average Bonchev–Trinajstić information content (AvgIpc) is 2.88. The summed E-state index contributed by atoms with van der Waals surface area (Å²) < 4.78 is 5.76. The quantitative estimate of drug-likeness (QED) is 0.775. The molecular formula is C18H31Cl2N3O2. The molecule has 1 saturated heterocycles. The third kappa shape index (κ3) is 7.82. The first-order valence-electron chi connectivity index (χ1n) is 8.69. The van der Waals surface area contributed by atoms with E-state index in [-0.39, 0.29) is 30.7 Å². The Hall–Kier alpha value is -1.01. The molecule has 1 fully saturated rings. The predicted octanol–water partition coefficient (Wildman–Crippen LogP) is 2.69. The van der Waals surface area contributed by atoms with Gasteiger partial charge in [0.25, 0.3) is 5.91 Å². The highest BCUT2D eigenvalue weighted by molar-refractivity contribution is 5.94. The SMILES string of the molecule is CCN(CC)CCOc1ccc(C(=O)N2CCCNCC2)cc1.Cl.Cl. The van der Waals surface area contributed by atoms with Gasteiger partial charge in [-0.25, -0.2) is 0 Å². The molecule has 0 unspecified atom stereocenters. The summed E-state index contributed by atoms with van der Waals surface area (Å²) in [5.74, 6) is 0.939. The van der Waals surface area contributed by atoms with Gasteiger partial charge in [-0.2, -0.15) is 0 Å². The fourth-order valence-electron chi connectivity index (χ4n) is 2.76. The number of nitrogens with zero attached hydrogens (tertiary/aromatic N) is 2. The van der Waals surface area contributed by atoms with E-state index in [1.54, 1.807) is 0 Å². The molecule has 25 heavy (non-hydrogen) atoms. The van der Waals surface area contributed by atoms with E-state index in [1.165, 1.54) is 0 Å². The summed E-state index contributed by atoms with van der Waals surface area (Å²) in [5, 5.41) is 3.32. The zero-order chi connectivity index (χ0) is 16.5. The Balaban J connectivity index is 0.00000288. The number of carbonyl (C=O) groups is 1. The number of ether oxygens (including phenoxy) is 1. The maximum absolute atomic E-state index is 12.5. The van der Waals surface area contributed by atoms with Crippen LogP contribution in [-0.4, -0.2) is 68.1 Å². The van der Waals surface area contributed by atoms with E-state index in [1.807, 2.05) is 29.2 Å². The number of hydrogen-bond acceptors (Lipinski definition) is 4. The summed E-state index contributed by atoms with van der Waals surface area (Å²) >= 11 is 0. The van der Waals surface area contributed by atoms with Crippen molar-refractivity contribution >= 4 is 30.7 Å². The van der Waals surface area contributed by atoms with Gasteiger partial charge in [-0.15, -0.1) is 24.8 Å². The number of amides is 1. The van der Waals surface area contributed by atoms with Crippen molar-refractivity contribution in [1.82, 2.24) is 15.1 Å². The monoisotopic (exact) mass is 391 g/mol. The second-order valence-corrected chi connectivity index (χ2v) is 5.80. The fourth-order valence-corrected chi connectivity index (χ4v) is 2.76. The first kappa shape index (κ1) is 24.0. The van der Waals surface area contributed by atoms with Crippen molar-refractivity contribution in [2.24, 2.45) is 0 Å². The van der Waals surface area contributed by atoms with Crippen LogP contribution in [0.15, 0.2) is 24.3 Å². The molecule has 1 aliphatic heterocycles. The number of halogens is 2. The van der Waals surface area contributed by atoms with Gasteiger partial charge in [0.05, 0.1) is 0 Å². The summed E-state index contributed by atoms with van der Waals surface area (Å²) in [5.41, 5.74) is 0.739. The van der Waals surface area contributed by atoms with Crippen LogP contribution in [0.4, 0.5) is 0 Å². The predicted molar refractivity (Wildman–Crippen MR) is 108 cm³/mol. The standard InChI is InChI=1S/C18H29N3O2.2ClH/c1-3-20(4-2)14-15-23-17-8-6-16(7-9-17)18(22)21-12-5-10-19-11-13-21;;/h6-9,19H,3-5,10-15H2,1-2H3;2*1H. The highest BCUT2D eigenvalue weighted by Gasteiger charge is 2.16. The van der Waals surface area contributed by atoms with Gasteiger partial charge in [0, 0.05) is 31.7 Å². The molecule has 0 bridgehead atoms. The van der Waals surface area contributed by atoms with Gasteiger partial charge in [0.15, 0.2) is 0 Å². The van der Waals surface area contributed by atoms with Gasteiger partial charge in [0.2, 0.25) is 0 Å². The minimum absolute atomic E-state index is 0. The molecule has 0 atom stereocenters. The average molecular weight is 392 g/mol. The molecule has 7 heteroatoms. The molecule has 1 aliphatic rings. The van der Waals surface area contributed by atoms with Crippen LogP contribution in [0, 0.1) is 0 Å². The lowest BCUT2D eigenvalue weighted by molar-refractivity contribution is 0.0766. The van der Waals surface area contributed by atoms with Crippen LogP contribution in [0.25, 0.3) is 0 Å². The smallest absolute Gasteiger partial charge is 0.253 e. The van der Waals surface area contributed by atoms with Crippen LogP contribution in [0.3, 0.4) is 0 Å². The third-order valence-electron chi connectivity index (χ3n) is 4.30. The zero-order valence-corrected chi connectivity index (χ0v) is 16.8. The molecule has 1 aromatic carbocycles. The topological polar surface area (TPSA) is 44.8 Å². The van der Waals surface area contributed by atoms with Gasteiger partial charge >= 0.3 is 0 Å². The van der Waals surface area contributed by atoms with Gasteiger partial charge in [0.1, 0.15) is 12.4 Å². The molecule has 1 N–H and O–H groups in total. The normalized spacial score (nSPS) is 14.3. The second-order valence-electron chi connectivity index (χ2n) is 5.80. The maximum Gasteiger partial charge on any atom is 0.253 e. The van der Waals surface area contributed by atoms with E-state index >= 15 is 0 Å². The molecule has 144 valence electrons. The van der Waals surface area contributed by atoms with Crippen LogP contribution in [0.2, 0.25) is 0 Å². The Morgan fingerprint density at radius 2 is 1.80 bits per heavy atom. The number of benzene rings is 1. The molecular weight excluding hydrogens is 361 g/mol. The summed E-state index contributed by atoms with van der Waals surface area (Å²) in [6.07, 6.45) is 1.01. The largest absolute Gasteiger partial charge is 0.492 e.